The van der Waals surface area contributed by atoms with E-state index in [1.54, 1.807) is 28.6 Å². The first kappa shape index (κ1) is 12.0. The molecule has 1 aromatic heterocycles. The Balaban J connectivity index is 2.13. The molecule has 5 nitrogen and oxygen atoms in total. The summed E-state index contributed by atoms with van der Waals surface area (Å²) in [5.41, 5.74) is 0.960. The Bertz CT molecular complexity index is 653. The number of aryl methyl sites for hydroxylation is 1. The Morgan fingerprint density at radius 3 is 3.00 bits per heavy atom. The van der Waals surface area contributed by atoms with E-state index in [1.165, 1.54) is 6.07 Å². The molecule has 1 aliphatic rings. The van der Waals surface area contributed by atoms with E-state index in [4.69, 9.17) is 0 Å². The number of aromatic nitrogens is 2. The van der Waals surface area contributed by atoms with E-state index in [-0.39, 0.29) is 11.3 Å². The highest BCUT2D eigenvalue weighted by molar-refractivity contribution is 5.82. The smallest absolute Gasteiger partial charge is 0.326 e. The third-order valence-corrected chi connectivity index (χ3v) is 3.63. The molecule has 0 saturated carbocycles. The molecule has 1 N–H and O–H groups in total. The van der Waals surface area contributed by atoms with E-state index in [0.29, 0.717) is 24.4 Å². The number of carboxylic acid groups (broad SMARTS) is 1. The van der Waals surface area contributed by atoms with E-state index in [2.05, 4.69) is 4.98 Å². The van der Waals surface area contributed by atoms with E-state index in [0.717, 1.165) is 6.42 Å². The zero-order valence-corrected chi connectivity index (χ0v) is 10.5. The summed E-state index contributed by atoms with van der Waals surface area (Å²) in [6.45, 7) is 0.635. The number of aliphatic carboxylic acids is 1. The molecular weight excluding hydrogens is 249 g/mol. The quantitative estimate of drug-likeness (QED) is 0.897. The molecule has 1 aliphatic heterocycles. The Morgan fingerprint density at radius 1 is 1.53 bits per heavy atom. The van der Waals surface area contributed by atoms with Gasteiger partial charge in [0.2, 0.25) is 5.95 Å². The number of fused-ring (bicyclic) bond motifs is 1. The monoisotopic (exact) mass is 263 g/mol. The first-order valence-corrected chi connectivity index (χ1v) is 6.20. The van der Waals surface area contributed by atoms with Gasteiger partial charge in [-0.05, 0) is 25.0 Å². The van der Waals surface area contributed by atoms with Crippen LogP contribution in [0.15, 0.2) is 18.2 Å². The maximum Gasteiger partial charge on any atom is 0.326 e. The second kappa shape index (κ2) is 4.22. The molecular formula is C13H14FN3O2. The van der Waals surface area contributed by atoms with Crippen LogP contribution < -0.4 is 4.90 Å². The number of rotatable bonds is 2. The first-order chi connectivity index (χ1) is 9.09. The van der Waals surface area contributed by atoms with Gasteiger partial charge < -0.3 is 14.6 Å². The minimum absolute atomic E-state index is 0.288. The van der Waals surface area contributed by atoms with Crippen LogP contribution in [0.5, 0.6) is 0 Å². The minimum Gasteiger partial charge on any atom is -0.480 e. The van der Waals surface area contributed by atoms with Crippen LogP contribution in [0.4, 0.5) is 10.3 Å². The van der Waals surface area contributed by atoms with E-state index in [9.17, 15) is 14.3 Å². The first-order valence-electron chi connectivity index (χ1n) is 6.20. The topological polar surface area (TPSA) is 58.4 Å². The lowest BCUT2D eigenvalue weighted by Crippen LogP contribution is -2.37. The highest BCUT2D eigenvalue weighted by Gasteiger charge is 2.33. The average Bonchev–Trinajstić information content (AvgIpc) is 2.95. The van der Waals surface area contributed by atoms with Gasteiger partial charge in [-0.15, -0.1) is 0 Å². The predicted octanol–water partition coefficient (Wildman–Crippen LogP) is 1.77. The van der Waals surface area contributed by atoms with Gasteiger partial charge in [0.25, 0.3) is 0 Å². The standard InChI is InChI=1S/C13H14FN3O2/c1-16-9-5-2-4-8(14)11(9)15-13(16)17-7-3-6-10(17)12(18)19/h2,4-5,10H,3,6-7H2,1H3,(H,18,19)/t10-/m0/s1. The van der Waals surface area contributed by atoms with Gasteiger partial charge in [0, 0.05) is 13.6 Å². The number of nitrogens with zero attached hydrogens (tertiary/aromatic N) is 3. The van der Waals surface area contributed by atoms with Crippen LogP contribution in [0, 0.1) is 5.82 Å². The van der Waals surface area contributed by atoms with E-state index < -0.39 is 12.0 Å². The molecule has 0 unspecified atom stereocenters. The van der Waals surface area contributed by atoms with Crippen LogP contribution in [-0.4, -0.2) is 33.2 Å². The van der Waals surface area contributed by atoms with Crippen molar-refractivity contribution in [2.24, 2.45) is 7.05 Å². The number of imidazole rings is 1. The molecule has 0 aliphatic carbocycles. The van der Waals surface area contributed by atoms with Crippen molar-refractivity contribution < 1.29 is 14.3 Å². The molecule has 1 atom stereocenters. The van der Waals surface area contributed by atoms with Gasteiger partial charge in [-0.3, -0.25) is 0 Å². The molecule has 2 aromatic rings. The Kier molecular flexibility index (Phi) is 2.66. The van der Waals surface area contributed by atoms with Crippen LogP contribution in [-0.2, 0) is 11.8 Å². The summed E-state index contributed by atoms with van der Waals surface area (Å²) in [5, 5.41) is 9.21. The normalized spacial score (nSPS) is 19.3. The number of hydrogen-bond acceptors (Lipinski definition) is 3. The molecule has 1 aromatic carbocycles. The third-order valence-electron chi connectivity index (χ3n) is 3.63. The fourth-order valence-corrected chi connectivity index (χ4v) is 2.69. The van der Waals surface area contributed by atoms with Gasteiger partial charge in [-0.2, -0.15) is 0 Å². The van der Waals surface area contributed by atoms with Crippen LogP contribution in [0.3, 0.4) is 0 Å². The van der Waals surface area contributed by atoms with E-state index in [1.807, 2.05) is 0 Å². The van der Waals surface area contributed by atoms with Crippen molar-refractivity contribution in [3.63, 3.8) is 0 Å². The van der Waals surface area contributed by atoms with Crippen molar-refractivity contribution in [1.29, 1.82) is 0 Å². The number of carbonyl (C=O) groups is 1. The lowest BCUT2D eigenvalue weighted by atomic mass is 10.2. The Labute approximate surface area is 109 Å². The number of halogens is 1. The summed E-state index contributed by atoms with van der Waals surface area (Å²) in [5.74, 6) is -0.722. The van der Waals surface area contributed by atoms with Crippen molar-refractivity contribution in [1.82, 2.24) is 9.55 Å². The van der Waals surface area contributed by atoms with Crippen LogP contribution in [0.1, 0.15) is 12.8 Å². The second-order valence-electron chi connectivity index (χ2n) is 4.77. The van der Waals surface area contributed by atoms with Crippen molar-refractivity contribution >= 4 is 23.0 Å². The number of anilines is 1. The maximum atomic E-state index is 13.7. The predicted molar refractivity (Wildman–Crippen MR) is 68.7 cm³/mol. The van der Waals surface area contributed by atoms with Gasteiger partial charge in [-0.1, -0.05) is 6.07 Å². The Hall–Kier alpha value is -2.11. The lowest BCUT2D eigenvalue weighted by molar-refractivity contribution is -0.138. The molecule has 0 bridgehead atoms. The zero-order chi connectivity index (χ0) is 13.6. The summed E-state index contributed by atoms with van der Waals surface area (Å²) < 4.78 is 15.5. The second-order valence-corrected chi connectivity index (χ2v) is 4.77. The van der Waals surface area contributed by atoms with Crippen molar-refractivity contribution in [3.8, 4) is 0 Å². The highest BCUT2D eigenvalue weighted by Crippen LogP contribution is 2.28. The fourth-order valence-electron chi connectivity index (χ4n) is 2.69. The number of hydrogen-bond donors (Lipinski definition) is 1. The molecule has 2 heterocycles. The maximum absolute atomic E-state index is 13.7. The van der Waals surface area contributed by atoms with Gasteiger partial charge in [0.15, 0.2) is 5.82 Å². The summed E-state index contributed by atoms with van der Waals surface area (Å²) in [7, 11) is 1.78. The fraction of sp³-hybridized carbons (Fsp3) is 0.385. The summed E-state index contributed by atoms with van der Waals surface area (Å²) >= 11 is 0. The molecule has 19 heavy (non-hydrogen) atoms. The van der Waals surface area contributed by atoms with Crippen molar-refractivity contribution in [3.05, 3.63) is 24.0 Å². The van der Waals surface area contributed by atoms with Gasteiger partial charge in [-0.25, -0.2) is 14.2 Å². The minimum atomic E-state index is -0.856. The summed E-state index contributed by atoms with van der Waals surface area (Å²) in [4.78, 5) is 17.2. The summed E-state index contributed by atoms with van der Waals surface area (Å²) in [6.07, 6.45) is 1.41. The zero-order valence-electron chi connectivity index (χ0n) is 10.5. The SMILES string of the molecule is Cn1c(N2CCC[C@H]2C(=O)O)nc2c(F)cccc21. The summed E-state index contributed by atoms with van der Waals surface area (Å²) in [6, 6.07) is 4.19. The molecule has 6 heteroatoms. The molecule has 0 amide bonds. The van der Waals surface area contributed by atoms with Gasteiger partial charge >= 0.3 is 5.97 Å². The molecule has 0 radical (unpaired) electrons. The molecule has 1 fully saturated rings. The lowest BCUT2D eigenvalue weighted by Gasteiger charge is -2.22. The van der Waals surface area contributed by atoms with Crippen molar-refractivity contribution in [2.75, 3.05) is 11.4 Å². The molecule has 100 valence electrons. The van der Waals surface area contributed by atoms with Crippen molar-refractivity contribution in [2.45, 2.75) is 18.9 Å². The Morgan fingerprint density at radius 2 is 2.32 bits per heavy atom. The average molecular weight is 263 g/mol. The van der Waals surface area contributed by atoms with E-state index >= 15 is 0 Å². The third kappa shape index (κ3) is 1.75. The molecule has 1 saturated heterocycles. The highest BCUT2D eigenvalue weighted by atomic mass is 19.1. The molecule has 0 spiro atoms. The largest absolute Gasteiger partial charge is 0.480 e. The van der Waals surface area contributed by atoms with Crippen LogP contribution >= 0.6 is 0 Å². The molecule has 3 rings (SSSR count). The van der Waals surface area contributed by atoms with Gasteiger partial charge in [0.05, 0.1) is 5.52 Å². The van der Waals surface area contributed by atoms with Gasteiger partial charge in [0.1, 0.15) is 11.6 Å². The van der Waals surface area contributed by atoms with Crippen LogP contribution in [0.25, 0.3) is 11.0 Å². The number of benzene rings is 1. The number of para-hydroxylation sites is 1. The van der Waals surface area contributed by atoms with Crippen LogP contribution in [0.2, 0.25) is 0 Å². The number of carboxylic acids is 1.